The summed E-state index contributed by atoms with van der Waals surface area (Å²) in [5.74, 6) is -0.181. The van der Waals surface area contributed by atoms with Gasteiger partial charge in [-0.05, 0) is 61.7 Å². The summed E-state index contributed by atoms with van der Waals surface area (Å²) in [7, 11) is -3.80. The summed E-state index contributed by atoms with van der Waals surface area (Å²) in [4.78, 5) is 15.0. The first kappa shape index (κ1) is 19.2. The van der Waals surface area contributed by atoms with Gasteiger partial charge in [0.2, 0.25) is 0 Å². The molecule has 0 unspecified atom stereocenters. The molecule has 0 aromatic heterocycles. The van der Waals surface area contributed by atoms with Crippen LogP contribution in [0.5, 0.6) is 0 Å². The van der Waals surface area contributed by atoms with Gasteiger partial charge in [-0.1, -0.05) is 42.0 Å². The maximum Gasteiger partial charge on any atom is 0.261 e. The van der Waals surface area contributed by atoms with Gasteiger partial charge in [-0.2, -0.15) is 0 Å². The highest BCUT2D eigenvalue weighted by Gasteiger charge is 2.27. The predicted octanol–water partition coefficient (Wildman–Crippen LogP) is 4.31. The quantitative estimate of drug-likeness (QED) is 0.702. The van der Waals surface area contributed by atoms with E-state index in [1.54, 1.807) is 23.1 Å². The standard InChI is InChI=1S/C23H22N2O3S/c1-16-7-10-19(11-8-16)24-29(27,28)20-12-9-17(2)21(15-20)23(26)25-14-13-18-5-3-4-6-22(18)25/h3-12,15,24H,13-14H2,1-2H3. The zero-order valence-corrected chi connectivity index (χ0v) is 17.2. The van der Waals surface area contributed by atoms with Crippen molar-refractivity contribution in [2.24, 2.45) is 0 Å². The van der Waals surface area contributed by atoms with Crippen LogP contribution in [-0.4, -0.2) is 20.9 Å². The molecule has 1 N–H and O–H groups in total. The molecule has 1 heterocycles. The number of fused-ring (bicyclic) bond motifs is 1. The number of sulfonamides is 1. The number of hydrogen-bond acceptors (Lipinski definition) is 3. The smallest absolute Gasteiger partial charge is 0.261 e. The fraction of sp³-hybridized carbons (Fsp3) is 0.174. The fourth-order valence-electron chi connectivity index (χ4n) is 3.53. The van der Waals surface area contributed by atoms with Crippen molar-refractivity contribution < 1.29 is 13.2 Å². The molecule has 3 aromatic rings. The Labute approximate surface area is 171 Å². The summed E-state index contributed by atoms with van der Waals surface area (Å²) in [6.07, 6.45) is 0.800. The van der Waals surface area contributed by atoms with Crippen LogP contribution in [0.25, 0.3) is 0 Å². The van der Waals surface area contributed by atoms with Crippen LogP contribution in [0.4, 0.5) is 11.4 Å². The summed E-state index contributed by atoms with van der Waals surface area (Å²) in [5.41, 5.74) is 4.69. The summed E-state index contributed by atoms with van der Waals surface area (Å²) in [6.45, 7) is 4.35. The van der Waals surface area contributed by atoms with Crippen LogP contribution in [0.1, 0.15) is 27.0 Å². The third kappa shape index (κ3) is 3.76. The van der Waals surface area contributed by atoms with E-state index in [1.807, 2.05) is 50.2 Å². The molecule has 5 nitrogen and oxygen atoms in total. The Morgan fingerprint density at radius 3 is 2.45 bits per heavy atom. The Bertz CT molecular complexity index is 1180. The molecule has 0 saturated heterocycles. The Kier molecular flexibility index (Phi) is 4.88. The number of amides is 1. The molecule has 0 bridgehead atoms. The lowest BCUT2D eigenvalue weighted by atomic mass is 10.1. The maximum absolute atomic E-state index is 13.2. The number of hydrogen-bond donors (Lipinski definition) is 1. The number of aryl methyl sites for hydroxylation is 2. The van der Waals surface area contributed by atoms with Gasteiger partial charge in [-0.3, -0.25) is 9.52 Å². The summed E-state index contributed by atoms with van der Waals surface area (Å²) in [6, 6.07) is 19.6. The fourth-order valence-corrected chi connectivity index (χ4v) is 4.61. The Balaban J connectivity index is 1.66. The number of para-hydroxylation sites is 1. The van der Waals surface area contributed by atoms with Crippen molar-refractivity contribution in [2.45, 2.75) is 25.2 Å². The SMILES string of the molecule is Cc1ccc(NS(=O)(=O)c2ccc(C)c(C(=O)N3CCc4ccccc43)c2)cc1. The second-order valence-electron chi connectivity index (χ2n) is 7.28. The molecular formula is C23H22N2O3S. The monoisotopic (exact) mass is 406 g/mol. The second kappa shape index (κ2) is 7.37. The first-order valence-corrected chi connectivity index (χ1v) is 10.9. The maximum atomic E-state index is 13.2. The van der Waals surface area contributed by atoms with Crippen molar-refractivity contribution in [3.63, 3.8) is 0 Å². The molecule has 148 valence electrons. The lowest BCUT2D eigenvalue weighted by Gasteiger charge is -2.19. The molecule has 1 aliphatic rings. The van der Waals surface area contributed by atoms with Crippen molar-refractivity contribution >= 4 is 27.3 Å². The number of carbonyl (C=O) groups is 1. The second-order valence-corrected chi connectivity index (χ2v) is 8.97. The molecule has 4 rings (SSSR count). The van der Waals surface area contributed by atoms with Crippen molar-refractivity contribution in [1.82, 2.24) is 0 Å². The van der Waals surface area contributed by atoms with Gasteiger partial charge in [0.25, 0.3) is 15.9 Å². The first-order valence-electron chi connectivity index (χ1n) is 9.45. The van der Waals surface area contributed by atoms with Crippen LogP contribution >= 0.6 is 0 Å². The number of anilines is 2. The van der Waals surface area contributed by atoms with E-state index in [2.05, 4.69) is 4.72 Å². The molecule has 1 amide bonds. The van der Waals surface area contributed by atoms with E-state index in [4.69, 9.17) is 0 Å². The van der Waals surface area contributed by atoms with Crippen LogP contribution in [0, 0.1) is 13.8 Å². The predicted molar refractivity (Wildman–Crippen MR) is 115 cm³/mol. The van der Waals surface area contributed by atoms with Crippen LogP contribution < -0.4 is 9.62 Å². The molecule has 0 aliphatic carbocycles. The van der Waals surface area contributed by atoms with E-state index >= 15 is 0 Å². The van der Waals surface area contributed by atoms with E-state index in [-0.39, 0.29) is 10.8 Å². The number of rotatable bonds is 4. The van der Waals surface area contributed by atoms with Crippen molar-refractivity contribution in [3.8, 4) is 0 Å². The van der Waals surface area contributed by atoms with Crippen molar-refractivity contribution in [2.75, 3.05) is 16.2 Å². The largest absolute Gasteiger partial charge is 0.308 e. The van der Waals surface area contributed by atoms with Crippen LogP contribution in [0.3, 0.4) is 0 Å². The van der Waals surface area contributed by atoms with E-state index in [0.717, 1.165) is 28.8 Å². The molecule has 0 radical (unpaired) electrons. The van der Waals surface area contributed by atoms with Gasteiger partial charge >= 0.3 is 0 Å². The highest BCUT2D eigenvalue weighted by Crippen LogP contribution is 2.30. The minimum atomic E-state index is -3.80. The van der Waals surface area contributed by atoms with Crippen molar-refractivity contribution in [1.29, 1.82) is 0 Å². The van der Waals surface area contributed by atoms with E-state index < -0.39 is 10.0 Å². The number of nitrogens with one attached hydrogen (secondary N) is 1. The van der Waals surface area contributed by atoms with Gasteiger partial charge in [0.05, 0.1) is 4.90 Å². The minimum Gasteiger partial charge on any atom is -0.308 e. The van der Waals surface area contributed by atoms with Crippen molar-refractivity contribution in [3.05, 3.63) is 89.0 Å². The van der Waals surface area contributed by atoms with Gasteiger partial charge < -0.3 is 4.90 Å². The van der Waals surface area contributed by atoms with Crippen LogP contribution in [0.15, 0.2) is 71.6 Å². The number of benzene rings is 3. The summed E-state index contributed by atoms with van der Waals surface area (Å²) < 4.78 is 28.3. The molecule has 6 heteroatoms. The third-order valence-corrected chi connectivity index (χ3v) is 6.56. The Hall–Kier alpha value is -3.12. The molecule has 0 fully saturated rings. The highest BCUT2D eigenvalue weighted by molar-refractivity contribution is 7.92. The summed E-state index contributed by atoms with van der Waals surface area (Å²) in [5, 5.41) is 0. The van der Waals surface area contributed by atoms with Gasteiger partial charge in [-0.25, -0.2) is 8.42 Å². The third-order valence-electron chi connectivity index (χ3n) is 5.19. The molecule has 1 aliphatic heterocycles. The zero-order valence-electron chi connectivity index (χ0n) is 16.3. The van der Waals surface area contributed by atoms with Gasteiger partial charge in [-0.15, -0.1) is 0 Å². The van der Waals surface area contributed by atoms with E-state index in [0.29, 0.717) is 17.8 Å². The first-order chi connectivity index (χ1) is 13.8. The van der Waals surface area contributed by atoms with Gasteiger partial charge in [0, 0.05) is 23.5 Å². The molecule has 3 aromatic carbocycles. The molecule has 0 spiro atoms. The van der Waals surface area contributed by atoms with E-state index in [9.17, 15) is 13.2 Å². The van der Waals surface area contributed by atoms with Crippen LogP contribution in [0.2, 0.25) is 0 Å². The highest BCUT2D eigenvalue weighted by atomic mass is 32.2. The van der Waals surface area contributed by atoms with Gasteiger partial charge in [0.1, 0.15) is 0 Å². The zero-order chi connectivity index (χ0) is 20.6. The lowest BCUT2D eigenvalue weighted by Crippen LogP contribution is -2.29. The summed E-state index contributed by atoms with van der Waals surface area (Å²) >= 11 is 0. The molecule has 29 heavy (non-hydrogen) atoms. The molecular weight excluding hydrogens is 384 g/mol. The molecule has 0 saturated carbocycles. The average molecular weight is 407 g/mol. The van der Waals surface area contributed by atoms with E-state index in [1.165, 1.54) is 12.1 Å². The van der Waals surface area contributed by atoms with Crippen LogP contribution in [-0.2, 0) is 16.4 Å². The normalized spacial score (nSPS) is 13.2. The molecule has 0 atom stereocenters. The number of nitrogens with zero attached hydrogens (tertiary/aromatic N) is 1. The minimum absolute atomic E-state index is 0.0690. The van der Waals surface area contributed by atoms with Gasteiger partial charge in [0.15, 0.2) is 0 Å². The lowest BCUT2D eigenvalue weighted by molar-refractivity contribution is 0.0988. The average Bonchev–Trinajstić information content (AvgIpc) is 3.13. The number of carbonyl (C=O) groups excluding carboxylic acids is 1. The topological polar surface area (TPSA) is 66.5 Å². The Morgan fingerprint density at radius 1 is 0.966 bits per heavy atom. The Morgan fingerprint density at radius 2 is 1.69 bits per heavy atom.